The molecule has 1 spiro atoms. The summed E-state index contributed by atoms with van der Waals surface area (Å²) >= 11 is 0. The maximum Gasteiger partial charge on any atom is 0.273 e. The number of carbonyl (C=O) groups excluding carboxylic acids is 2. The standard InChI is InChI=1S/C20H21N5O3/c1-14-5-6-15(11-22-14)19(27)25-9-3-7-20(13-25)10-17(24-28-20)18(26)23-16-4-2-8-21-12-16/h2,4-6,8,11-12H,3,7,9-10,13H2,1H3,(H,23,26). The van der Waals surface area contributed by atoms with Crippen LogP contribution in [-0.4, -0.2) is 51.1 Å². The number of hydrogen-bond acceptors (Lipinski definition) is 6. The van der Waals surface area contributed by atoms with Crippen LogP contribution in [0.15, 0.2) is 48.0 Å². The fraction of sp³-hybridized carbons (Fsp3) is 0.350. The SMILES string of the molecule is Cc1ccc(C(=O)N2CCCC3(CC(C(=O)Nc4cccnc4)=NO3)C2)cn1. The second-order valence-electron chi connectivity index (χ2n) is 7.20. The summed E-state index contributed by atoms with van der Waals surface area (Å²) in [7, 11) is 0. The third-order valence-electron chi connectivity index (χ3n) is 5.01. The number of pyridine rings is 2. The van der Waals surface area contributed by atoms with E-state index in [4.69, 9.17) is 4.84 Å². The molecule has 1 saturated heterocycles. The summed E-state index contributed by atoms with van der Waals surface area (Å²) < 4.78 is 0. The summed E-state index contributed by atoms with van der Waals surface area (Å²) in [5.41, 5.74) is 1.70. The van der Waals surface area contributed by atoms with Crippen molar-refractivity contribution in [3.63, 3.8) is 0 Å². The summed E-state index contributed by atoms with van der Waals surface area (Å²) in [6, 6.07) is 7.11. The van der Waals surface area contributed by atoms with E-state index in [1.165, 1.54) is 0 Å². The molecule has 8 nitrogen and oxygen atoms in total. The second kappa shape index (κ2) is 7.38. The number of hydrogen-bond donors (Lipinski definition) is 1. The molecule has 2 aromatic heterocycles. The molecule has 0 aromatic carbocycles. The van der Waals surface area contributed by atoms with Crippen LogP contribution in [-0.2, 0) is 9.63 Å². The molecule has 28 heavy (non-hydrogen) atoms. The summed E-state index contributed by atoms with van der Waals surface area (Å²) in [4.78, 5) is 40.9. The van der Waals surface area contributed by atoms with E-state index in [0.717, 1.165) is 18.5 Å². The Morgan fingerprint density at radius 3 is 2.89 bits per heavy atom. The molecule has 1 N–H and O–H groups in total. The van der Waals surface area contributed by atoms with Crippen LogP contribution < -0.4 is 5.32 Å². The molecule has 2 aromatic rings. The van der Waals surface area contributed by atoms with Crippen LogP contribution in [0.4, 0.5) is 5.69 Å². The van der Waals surface area contributed by atoms with Gasteiger partial charge in [0.05, 0.1) is 24.0 Å². The highest BCUT2D eigenvalue weighted by molar-refractivity contribution is 6.43. The van der Waals surface area contributed by atoms with E-state index in [-0.39, 0.29) is 11.8 Å². The number of nitrogens with zero attached hydrogens (tertiary/aromatic N) is 4. The first kappa shape index (κ1) is 18.1. The molecule has 0 radical (unpaired) electrons. The summed E-state index contributed by atoms with van der Waals surface area (Å²) in [5.74, 6) is -0.389. The fourth-order valence-electron chi connectivity index (χ4n) is 3.55. The van der Waals surface area contributed by atoms with Crippen LogP contribution in [0.2, 0.25) is 0 Å². The number of amides is 2. The zero-order valence-electron chi connectivity index (χ0n) is 15.6. The van der Waals surface area contributed by atoms with E-state index in [0.29, 0.717) is 36.5 Å². The number of piperidine rings is 1. The number of nitrogens with one attached hydrogen (secondary N) is 1. The van der Waals surface area contributed by atoms with E-state index in [1.54, 1.807) is 41.7 Å². The molecule has 0 bridgehead atoms. The molecule has 4 heterocycles. The Bertz CT molecular complexity index is 913. The topological polar surface area (TPSA) is 96.8 Å². The van der Waals surface area contributed by atoms with Crippen LogP contribution in [0.5, 0.6) is 0 Å². The van der Waals surface area contributed by atoms with Crippen LogP contribution in [0.3, 0.4) is 0 Å². The zero-order chi connectivity index (χ0) is 19.6. The molecule has 1 fully saturated rings. The van der Waals surface area contributed by atoms with Gasteiger partial charge >= 0.3 is 0 Å². The Balaban J connectivity index is 1.41. The Morgan fingerprint density at radius 1 is 1.25 bits per heavy atom. The zero-order valence-corrected chi connectivity index (χ0v) is 15.6. The minimum atomic E-state index is -0.645. The van der Waals surface area contributed by atoms with Crippen molar-refractivity contribution in [2.75, 3.05) is 18.4 Å². The molecule has 1 atom stereocenters. The number of aromatic nitrogens is 2. The molecule has 4 rings (SSSR count). The minimum absolute atomic E-state index is 0.0802. The van der Waals surface area contributed by atoms with Crippen LogP contribution in [0.25, 0.3) is 0 Å². The van der Waals surface area contributed by atoms with Gasteiger partial charge in [-0.2, -0.15) is 0 Å². The molecular weight excluding hydrogens is 358 g/mol. The second-order valence-corrected chi connectivity index (χ2v) is 7.20. The predicted molar refractivity (Wildman–Crippen MR) is 103 cm³/mol. The number of carbonyl (C=O) groups is 2. The normalized spacial score (nSPS) is 21.2. The Morgan fingerprint density at radius 2 is 2.14 bits per heavy atom. The quantitative estimate of drug-likeness (QED) is 0.882. The average Bonchev–Trinajstić information content (AvgIpc) is 3.12. The maximum atomic E-state index is 12.8. The van der Waals surface area contributed by atoms with E-state index < -0.39 is 5.60 Å². The largest absolute Gasteiger partial charge is 0.386 e. The first-order chi connectivity index (χ1) is 13.5. The van der Waals surface area contributed by atoms with Gasteiger partial charge in [0.2, 0.25) is 0 Å². The van der Waals surface area contributed by atoms with Gasteiger partial charge in [0, 0.05) is 31.1 Å². The highest BCUT2D eigenvalue weighted by Gasteiger charge is 2.45. The number of likely N-dealkylation sites (tertiary alicyclic amines) is 1. The molecule has 144 valence electrons. The lowest BCUT2D eigenvalue weighted by Gasteiger charge is -2.38. The Labute approximate surface area is 162 Å². The molecule has 2 amide bonds. The minimum Gasteiger partial charge on any atom is -0.386 e. The van der Waals surface area contributed by atoms with Gasteiger partial charge in [-0.05, 0) is 44.0 Å². The fourth-order valence-corrected chi connectivity index (χ4v) is 3.55. The Kier molecular flexibility index (Phi) is 4.77. The van der Waals surface area contributed by atoms with Gasteiger partial charge in [-0.25, -0.2) is 0 Å². The van der Waals surface area contributed by atoms with Crippen molar-refractivity contribution in [3.8, 4) is 0 Å². The van der Waals surface area contributed by atoms with Gasteiger partial charge in [-0.3, -0.25) is 19.6 Å². The lowest BCUT2D eigenvalue weighted by atomic mass is 9.87. The molecule has 0 saturated carbocycles. The van der Waals surface area contributed by atoms with Crippen molar-refractivity contribution < 1.29 is 14.4 Å². The number of rotatable bonds is 3. The van der Waals surface area contributed by atoms with Crippen molar-refractivity contribution in [2.45, 2.75) is 31.8 Å². The molecule has 2 aliphatic heterocycles. The van der Waals surface area contributed by atoms with Gasteiger partial charge in [0.1, 0.15) is 5.71 Å². The number of aryl methyl sites for hydroxylation is 1. The van der Waals surface area contributed by atoms with Crippen molar-refractivity contribution in [1.29, 1.82) is 0 Å². The van der Waals surface area contributed by atoms with Gasteiger partial charge in [0.15, 0.2) is 5.60 Å². The molecule has 1 unspecified atom stereocenters. The average molecular weight is 379 g/mol. The number of anilines is 1. The lowest BCUT2D eigenvalue weighted by Crippen LogP contribution is -2.50. The van der Waals surface area contributed by atoms with Crippen molar-refractivity contribution in [1.82, 2.24) is 14.9 Å². The van der Waals surface area contributed by atoms with Crippen molar-refractivity contribution in [2.24, 2.45) is 5.16 Å². The number of oxime groups is 1. The predicted octanol–water partition coefficient (Wildman–Crippen LogP) is 2.17. The smallest absolute Gasteiger partial charge is 0.273 e. The summed E-state index contributed by atoms with van der Waals surface area (Å²) in [6.07, 6.45) is 6.71. The van der Waals surface area contributed by atoms with E-state index >= 15 is 0 Å². The van der Waals surface area contributed by atoms with Gasteiger partial charge in [0.25, 0.3) is 11.8 Å². The Hall–Kier alpha value is -3.29. The first-order valence-electron chi connectivity index (χ1n) is 9.23. The molecular formula is C20H21N5O3. The van der Waals surface area contributed by atoms with Crippen LogP contribution >= 0.6 is 0 Å². The molecule has 8 heteroatoms. The summed E-state index contributed by atoms with van der Waals surface area (Å²) in [5, 5.41) is 6.79. The van der Waals surface area contributed by atoms with E-state index in [2.05, 4.69) is 20.4 Å². The highest BCUT2D eigenvalue weighted by Crippen LogP contribution is 2.34. The maximum absolute atomic E-state index is 12.8. The van der Waals surface area contributed by atoms with Gasteiger partial charge in [-0.15, -0.1) is 0 Å². The molecule has 2 aliphatic rings. The molecule has 0 aliphatic carbocycles. The summed E-state index contributed by atoms with van der Waals surface area (Å²) in [6.45, 7) is 2.92. The van der Waals surface area contributed by atoms with Crippen LogP contribution in [0.1, 0.15) is 35.3 Å². The lowest BCUT2D eigenvalue weighted by molar-refractivity contribution is -0.110. The van der Waals surface area contributed by atoms with E-state index in [9.17, 15) is 9.59 Å². The van der Waals surface area contributed by atoms with Gasteiger partial charge < -0.3 is 15.1 Å². The van der Waals surface area contributed by atoms with Crippen molar-refractivity contribution >= 4 is 23.2 Å². The van der Waals surface area contributed by atoms with Crippen molar-refractivity contribution in [3.05, 3.63) is 54.1 Å². The van der Waals surface area contributed by atoms with E-state index in [1.807, 2.05) is 13.0 Å². The first-order valence-corrected chi connectivity index (χ1v) is 9.23. The third kappa shape index (κ3) is 3.71. The third-order valence-corrected chi connectivity index (χ3v) is 5.01. The monoisotopic (exact) mass is 379 g/mol. The highest BCUT2D eigenvalue weighted by atomic mass is 16.7. The van der Waals surface area contributed by atoms with Gasteiger partial charge in [-0.1, -0.05) is 5.16 Å². The van der Waals surface area contributed by atoms with Crippen LogP contribution in [0, 0.1) is 6.92 Å².